The number of fused-ring (bicyclic) bond motifs is 1. The molecule has 7 heteroatoms. The van der Waals surface area contributed by atoms with Crippen LogP contribution in [0, 0.1) is 0 Å². The molecule has 0 saturated carbocycles. The molecule has 0 spiro atoms. The second-order valence-corrected chi connectivity index (χ2v) is 7.40. The van der Waals surface area contributed by atoms with Gasteiger partial charge >= 0.3 is 0 Å². The van der Waals surface area contributed by atoms with Gasteiger partial charge in [-0.25, -0.2) is 9.97 Å². The van der Waals surface area contributed by atoms with Gasteiger partial charge in [0, 0.05) is 6.61 Å². The van der Waals surface area contributed by atoms with Crippen molar-refractivity contribution in [2.45, 2.75) is 18.9 Å². The van der Waals surface area contributed by atoms with Gasteiger partial charge in [-0.15, -0.1) is 0 Å². The standard InChI is InChI=1S/C24H22N4O3/c29-24(19-7-1-4-10-22(19)31-15-18-6-5-13-30-18)27-17-11-12-23(25-14-17)28-16-26-20-8-2-3-9-21(20)28/h1-4,7-12,14,16,18H,5-6,13,15H2,(H,27,29)/t18-/m1/s1. The zero-order valence-corrected chi connectivity index (χ0v) is 16.9. The van der Waals surface area contributed by atoms with E-state index in [9.17, 15) is 4.79 Å². The molecule has 1 aliphatic rings. The highest BCUT2D eigenvalue weighted by molar-refractivity contribution is 6.06. The molecule has 2 aromatic carbocycles. The largest absolute Gasteiger partial charge is 0.490 e. The average Bonchev–Trinajstić information content (AvgIpc) is 3.48. The smallest absolute Gasteiger partial charge is 0.259 e. The molecule has 31 heavy (non-hydrogen) atoms. The summed E-state index contributed by atoms with van der Waals surface area (Å²) in [6, 6.07) is 18.8. The molecule has 1 atom stereocenters. The Morgan fingerprint density at radius 1 is 1.10 bits per heavy atom. The third kappa shape index (κ3) is 4.13. The molecule has 1 aliphatic heterocycles. The number of benzene rings is 2. The molecule has 3 heterocycles. The normalized spacial score (nSPS) is 15.8. The van der Waals surface area contributed by atoms with E-state index >= 15 is 0 Å². The number of aromatic nitrogens is 3. The number of nitrogens with zero attached hydrogens (tertiary/aromatic N) is 3. The Kier molecular flexibility index (Phi) is 5.33. The van der Waals surface area contributed by atoms with Crippen LogP contribution >= 0.6 is 0 Å². The fraction of sp³-hybridized carbons (Fsp3) is 0.208. The van der Waals surface area contributed by atoms with E-state index < -0.39 is 0 Å². The SMILES string of the molecule is O=C(Nc1ccc(-n2cnc3ccccc32)nc1)c1ccccc1OC[C@H]1CCCO1. The minimum atomic E-state index is -0.245. The lowest BCUT2D eigenvalue weighted by molar-refractivity contribution is 0.0673. The van der Waals surface area contributed by atoms with Crippen molar-refractivity contribution in [1.29, 1.82) is 0 Å². The maximum absolute atomic E-state index is 12.9. The predicted molar refractivity (Wildman–Crippen MR) is 118 cm³/mol. The van der Waals surface area contributed by atoms with Crippen molar-refractivity contribution in [2.24, 2.45) is 0 Å². The first-order valence-electron chi connectivity index (χ1n) is 10.3. The van der Waals surface area contributed by atoms with Crippen molar-refractivity contribution in [1.82, 2.24) is 14.5 Å². The lowest BCUT2D eigenvalue weighted by Crippen LogP contribution is -2.19. The Hall–Kier alpha value is -3.71. The van der Waals surface area contributed by atoms with E-state index in [2.05, 4.69) is 15.3 Å². The Labute approximate surface area is 179 Å². The maximum atomic E-state index is 12.9. The van der Waals surface area contributed by atoms with Crippen LogP contribution in [0.4, 0.5) is 5.69 Å². The highest BCUT2D eigenvalue weighted by Crippen LogP contribution is 2.22. The molecule has 4 aromatic rings. The van der Waals surface area contributed by atoms with E-state index in [1.807, 2.05) is 53.1 Å². The van der Waals surface area contributed by atoms with Crippen LogP contribution in [0.1, 0.15) is 23.2 Å². The molecule has 1 fully saturated rings. The van der Waals surface area contributed by atoms with Crippen molar-refractivity contribution >= 4 is 22.6 Å². The second kappa shape index (κ2) is 8.57. The summed E-state index contributed by atoms with van der Waals surface area (Å²) in [5, 5.41) is 2.90. The number of hydrogen-bond acceptors (Lipinski definition) is 5. The van der Waals surface area contributed by atoms with Gasteiger partial charge in [0.25, 0.3) is 5.91 Å². The van der Waals surface area contributed by atoms with Crippen LogP contribution in [0.3, 0.4) is 0 Å². The minimum Gasteiger partial charge on any atom is -0.490 e. The van der Waals surface area contributed by atoms with Crippen molar-refractivity contribution in [3.63, 3.8) is 0 Å². The average molecular weight is 414 g/mol. The first-order valence-corrected chi connectivity index (χ1v) is 10.3. The van der Waals surface area contributed by atoms with Crippen LogP contribution in [0.15, 0.2) is 73.2 Å². The predicted octanol–water partition coefficient (Wildman–Crippen LogP) is 4.23. The number of para-hydroxylation sites is 3. The van der Waals surface area contributed by atoms with Crippen LogP contribution in [0.2, 0.25) is 0 Å². The third-order valence-electron chi connectivity index (χ3n) is 5.29. The van der Waals surface area contributed by atoms with Gasteiger partial charge in [-0.3, -0.25) is 9.36 Å². The number of rotatable bonds is 6. The molecule has 0 radical (unpaired) electrons. The Balaban J connectivity index is 1.30. The summed E-state index contributed by atoms with van der Waals surface area (Å²) in [6.45, 7) is 1.22. The van der Waals surface area contributed by atoms with Gasteiger partial charge in [-0.2, -0.15) is 0 Å². The van der Waals surface area contributed by atoms with Gasteiger partial charge in [0.05, 0.1) is 34.6 Å². The number of carbonyl (C=O) groups is 1. The first-order chi connectivity index (χ1) is 15.3. The van der Waals surface area contributed by atoms with Gasteiger partial charge in [-0.1, -0.05) is 24.3 Å². The summed E-state index contributed by atoms with van der Waals surface area (Å²) >= 11 is 0. The Bertz CT molecular complexity index is 1200. The van der Waals surface area contributed by atoms with Crippen molar-refractivity contribution in [2.75, 3.05) is 18.5 Å². The second-order valence-electron chi connectivity index (χ2n) is 7.40. The van der Waals surface area contributed by atoms with Gasteiger partial charge in [0.1, 0.15) is 24.5 Å². The van der Waals surface area contributed by atoms with Crippen LogP contribution in [-0.4, -0.2) is 39.8 Å². The summed E-state index contributed by atoms with van der Waals surface area (Å²) < 4.78 is 13.4. The number of nitrogens with one attached hydrogen (secondary N) is 1. The first kappa shape index (κ1) is 19.3. The molecule has 1 amide bonds. The highest BCUT2D eigenvalue weighted by Gasteiger charge is 2.18. The van der Waals surface area contributed by atoms with Crippen molar-refractivity contribution in [3.05, 3.63) is 78.8 Å². The molecule has 7 nitrogen and oxygen atoms in total. The third-order valence-corrected chi connectivity index (χ3v) is 5.29. The Morgan fingerprint density at radius 2 is 1.97 bits per heavy atom. The molecule has 1 saturated heterocycles. The van der Waals surface area contributed by atoms with E-state index in [1.54, 1.807) is 24.7 Å². The summed E-state index contributed by atoms with van der Waals surface area (Å²) in [7, 11) is 0. The molecule has 1 N–H and O–H groups in total. The van der Waals surface area contributed by atoms with E-state index in [4.69, 9.17) is 9.47 Å². The minimum absolute atomic E-state index is 0.0899. The van der Waals surface area contributed by atoms with Gasteiger partial charge in [0.15, 0.2) is 0 Å². The van der Waals surface area contributed by atoms with Crippen LogP contribution in [0.25, 0.3) is 16.9 Å². The monoisotopic (exact) mass is 414 g/mol. The van der Waals surface area contributed by atoms with Gasteiger partial charge in [-0.05, 0) is 49.2 Å². The highest BCUT2D eigenvalue weighted by atomic mass is 16.5. The van der Waals surface area contributed by atoms with E-state index in [1.165, 1.54) is 0 Å². The zero-order chi connectivity index (χ0) is 21.0. The van der Waals surface area contributed by atoms with Crippen LogP contribution < -0.4 is 10.1 Å². The lowest BCUT2D eigenvalue weighted by Gasteiger charge is -2.14. The number of ether oxygens (including phenoxy) is 2. The molecule has 0 aliphatic carbocycles. The summed E-state index contributed by atoms with van der Waals surface area (Å²) in [5.41, 5.74) is 2.96. The maximum Gasteiger partial charge on any atom is 0.259 e. The number of carbonyl (C=O) groups excluding carboxylic acids is 1. The van der Waals surface area contributed by atoms with E-state index in [-0.39, 0.29) is 12.0 Å². The number of amides is 1. The molecule has 156 valence electrons. The van der Waals surface area contributed by atoms with Crippen molar-refractivity contribution < 1.29 is 14.3 Å². The zero-order valence-electron chi connectivity index (χ0n) is 16.9. The number of imidazole rings is 1. The summed E-state index contributed by atoms with van der Waals surface area (Å²) in [5.74, 6) is 1.03. The molecule has 2 aromatic heterocycles. The van der Waals surface area contributed by atoms with Gasteiger partial charge < -0.3 is 14.8 Å². The molecule has 0 unspecified atom stereocenters. The van der Waals surface area contributed by atoms with Gasteiger partial charge in [0.2, 0.25) is 0 Å². The molecular formula is C24H22N4O3. The van der Waals surface area contributed by atoms with E-state index in [0.717, 1.165) is 36.3 Å². The number of hydrogen-bond donors (Lipinski definition) is 1. The quantitative estimate of drug-likeness (QED) is 0.511. The summed E-state index contributed by atoms with van der Waals surface area (Å²) in [4.78, 5) is 21.7. The number of pyridine rings is 1. The lowest BCUT2D eigenvalue weighted by atomic mass is 10.2. The fourth-order valence-electron chi connectivity index (χ4n) is 3.68. The molecule has 5 rings (SSSR count). The van der Waals surface area contributed by atoms with Crippen LogP contribution in [0.5, 0.6) is 5.75 Å². The van der Waals surface area contributed by atoms with Crippen molar-refractivity contribution in [3.8, 4) is 11.6 Å². The Morgan fingerprint density at radius 3 is 2.81 bits per heavy atom. The fourth-order valence-corrected chi connectivity index (χ4v) is 3.68. The van der Waals surface area contributed by atoms with Crippen LogP contribution in [-0.2, 0) is 4.74 Å². The topological polar surface area (TPSA) is 78.3 Å². The van der Waals surface area contributed by atoms with E-state index in [0.29, 0.717) is 23.6 Å². The molecule has 0 bridgehead atoms. The molecular weight excluding hydrogens is 392 g/mol. The summed E-state index contributed by atoms with van der Waals surface area (Å²) in [6.07, 6.45) is 5.50. The number of anilines is 1.